The Bertz CT molecular complexity index is 279. The van der Waals surface area contributed by atoms with Gasteiger partial charge in [-0.25, -0.2) is 8.42 Å². The molecule has 1 unspecified atom stereocenters. The molecule has 1 rings (SSSR count). The molecule has 0 aromatic rings. The summed E-state index contributed by atoms with van der Waals surface area (Å²) in [7, 11) is -3.11. The molecule has 0 bridgehead atoms. The van der Waals surface area contributed by atoms with Crippen LogP contribution in [0.3, 0.4) is 0 Å². The fourth-order valence-corrected chi connectivity index (χ4v) is 3.44. The lowest BCUT2D eigenvalue weighted by Gasteiger charge is -2.32. The first-order chi connectivity index (χ1) is 7.08. The number of nitrogens with two attached hydrogens (primary N) is 1. The molecule has 0 saturated carbocycles. The van der Waals surface area contributed by atoms with Gasteiger partial charge in [0, 0.05) is 12.6 Å². The van der Waals surface area contributed by atoms with Gasteiger partial charge in [-0.1, -0.05) is 0 Å². The van der Waals surface area contributed by atoms with Crippen LogP contribution in [0.25, 0.3) is 0 Å². The zero-order valence-corrected chi connectivity index (χ0v) is 10.0. The molecule has 15 heavy (non-hydrogen) atoms. The highest BCUT2D eigenvalue weighted by atomic mass is 32.2. The Labute approximate surface area is 91.6 Å². The third-order valence-corrected chi connectivity index (χ3v) is 4.58. The average molecular weight is 236 g/mol. The maximum absolute atomic E-state index is 11.9. The number of morpholine rings is 1. The summed E-state index contributed by atoms with van der Waals surface area (Å²) in [6.07, 6.45) is 1.40. The monoisotopic (exact) mass is 236 g/mol. The fraction of sp³-hybridized carbons (Fsp3) is 1.00. The highest BCUT2D eigenvalue weighted by molar-refractivity contribution is 7.89. The molecule has 1 saturated heterocycles. The summed E-state index contributed by atoms with van der Waals surface area (Å²) < 4.78 is 30.6. The zero-order valence-electron chi connectivity index (χ0n) is 9.18. The van der Waals surface area contributed by atoms with Crippen molar-refractivity contribution in [3.63, 3.8) is 0 Å². The van der Waals surface area contributed by atoms with Gasteiger partial charge in [0.1, 0.15) is 0 Å². The van der Waals surface area contributed by atoms with E-state index in [1.807, 2.05) is 6.92 Å². The number of nitrogens with zero attached hydrogens (tertiary/aromatic N) is 1. The molecule has 0 aromatic carbocycles. The third kappa shape index (κ3) is 3.71. The molecular formula is C9H20N2O3S. The smallest absolute Gasteiger partial charge is 0.214 e. The second-order valence-corrected chi connectivity index (χ2v) is 5.89. The van der Waals surface area contributed by atoms with E-state index in [1.165, 1.54) is 0 Å². The number of unbranched alkanes of at least 4 members (excludes halogenated alkanes) is 1. The molecule has 5 nitrogen and oxygen atoms in total. The first kappa shape index (κ1) is 12.9. The van der Waals surface area contributed by atoms with E-state index >= 15 is 0 Å². The molecule has 90 valence electrons. The minimum atomic E-state index is -3.11. The molecular weight excluding hydrogens is 216 g/mol. The topological polar surface area (TPSA) is 72.6 Å². The molecule has 1 atom stereocenters. The van der Waals surface area contributed by atoms with Gasteiger partial charge in [0.25, 0.3) is 0 Å². The van der Waals surface area contributed by atoms with Crippen LogP contribution in [0.2, 0.25) is 0 Å². The first-order valence-electron chi connectivity index (χ1n) is 5.35. The second kappa shape index (κ2) is 5.79. The predicted octanol–water partition coefficient (Wildman–Crippen LogP) is -0.224. The summed E-state index contributed by atoms with van der Waals surface area (Å²) in [5, 5.41) is 0. The summed E-state index contributed by atoms with van der Waals surface area (Å²) in [5.41, 5.74) is 5.34. The zero-order chi connectivity index (χ0) is 11.3. The van der Waals surface area contributed by atoms with Gasteiger partial charge in [-0.3, -0.25) is 0 Å². The number of sulfonamides is 1. The van der Waals surface area contributed by atoms with E-state index in [4.69, 9.17) is 10.5 Å². The SMILES string of the molecule is CC1COCCN1S(=O)(=O)CCCCN. The van der Waals surface area contributed by atoms with Crippen molar-refractivity contribution in [1.29, 1.82) is 0 Å². The van der Waals surface area contributed by atoms with Gasteiger partial charge in [0.15, 0.2) is 0 Å². The molecule has 0 aromatic heterocycles. The van der Waals surface area contributed by atoms with Crippen LogP contribution < -0.4 is 5.73 Å². The van der Waals surface area contributed by atoms with E-state index < -0.39 is 10.0 Å². The van der Waals surface area contributed by atoms with Crippen molar-refractivity contribution < 1.29 is 13.2 Å². The van der Waals surface area contributed by atoms with Crippen molar-refractivity contribution in [2.24, 2.45) is 5.73 Å². The first-order valence-corrected chi connectivity index (χ1v) is 6.96. The molecule has 1 aliphatic heterocycles. The maximum Gasteiger partial charge on any atom is 0.214 e. The lowest BCUT2D eigenvalue weighted by molar-refractivity contribution is 0.0393. The van der Waals surface area contributed by atoms with Gasteiger partial charge < -0.3 is 10.5 Å². The summed E-state index contributed by atoms with van der Waals surface area (Å²) >= 11 is 0. The molecule has 0 amide bonds. The Morgan fingerprint density at radius 2 is 2.20 bits per heavy atom. The molecule has 2 N–H and O–H groups in total. The Morgan fingerprint density at radius 3 is 2.80 bits per heavy atom. The predicted molar refractivity (Wildman–Crippen MR) is 59.1 cm³/mol. The van der Waals surface area contributed by atoms with E-state index in [9.17, 15) is 8.42 Å². The van der Waals surface area contributed by atoms with Gasteiger partial charge >= 0.3 is 0 Å². The normalized spacial score (nSPS) is 24.3. The van der Waals surface area contributed by atoms with Gasteiger partial charge in [-0.15, -0.1) is 0 Å². The highest BCUT2D eigenvalue weighted by Crippen LogP contribution is 2.13. The minimum absolute atomic E-state index is 0.0402. The van der Waals surface area contributed by atoms with Crippen molar-refractivity contribution in [1.82, 2.24) is 4.31 Å². The van der Waals surface area contributed by atoms with Crippen LogP contribution in [0.15, 0.2) is 0 Å². The van der Waals surface area contributed by atoms with Crippen molar-refractivity contribution in [3.8, 4) is 0 Å². The number of hydrogen-bond acceptors (Lipinski definition) is 4. The van der Waals surface area contributed by atoms with Gasteiger partial charge in [-0.2, -0.15) is 4.31 Å². The van der Waals surface area contributed by atoms with Crippen LogP contribution in [0.5, 0.6) is 0 Å². The van der Waals surface area contributed by atoms with Crippen molar-refractivity contribution in [3.05, 3.63) is 0 Å². The Hall–Kier alpha value is -0.170. The van der Waals surface area contributed by atoms with Crippen LogP contribution in [-0.4, -0.2) is 50.8 Å². The van der Waals surface area contributed by atoms with E-state index in [0.29, 0.717) is 32.7 Å². The Balaban J connectivity index is 2.51. The summed E-state index contributed by atoms with van der Waals surface area (Å²) in [6.45, 7) is 3.90. The summed E-state index contributed by atoms with van der Waals surface area (Å²) in [4.78, 5) is 0. The summed E-state index contributed by atoms with van der Waals surface area (Å²) in [5.74, 6) is 0.203. The molecule has 1 aliphatic rings. The van der Waals surface area contributed by atoms with Crippen LogP contribution in [0.4, 0.5) is 0 Å². The molecule has 0 spiro atoms. The molecule has 1 fully saturated rings. The van der Waals surface area contributed by atoms with Crippen molar-refractivity contribution in [2.45, 2.75) is 25.8 Å². The van der Waals surface area contributed by atoms with Gasteiger partial charge in [-0.05, 0) is 26.3 Å². The standard InChI is InChI=1S/C9H20N2O3S/c1-9-8-14-6-5-11(9)15(12,13)7-3-2-4-10/h9H,2-8,10H2,1H3. The highest BCUT2D eigenvalue weighted by Gasteiger charge is 2.29. The lowest BCUT2D eigenvalue weighted by Crippen LogP contribution is -2.47. The summed E-state index contributed by atoms with van der Waals surface area (Å²) in [6, 6.07) is -0.0402. The average Bonchev–Trinajstić information content (AvgIpc) is 2.18. The largest absolute Gasteiger partial charge is 0.378 e. The second-order valence-electron chi connectivity index (χ2n) is 3.85. The van der Waals surface area contributed by atoms with Gasteiger partial charge in [0.05, 0.1) is 19.0 Å². The molecule has 0 aliphatic carbocycles. The molecule has 0 radical (unpaired) electrons. The van der Waals surface area contributed by atoms with E-state index in [0.717, 1.165) is 6.42 Å². The maximum atomic E-state index is 11.9. The van der Waals surface area contributed by atoms with Crippen molar-refractivity contribution >= 4 is 10.0 Å². The molecule has 1 heterocycles. The van der Waals surface area contributed by atoms with Crippen LogP contribution in [0, 0.1) is 0 Å². The number of hydrogen-bond donors (Lipinski definition) is 1. The Morgan fingerprint density at radius 1 is 1.47 bits per heavy atom. The van der Waals surface area contributed by atoms with Crippen LogP contribution in [0.1, 0.15) is 19.8 Å². The van der Waals surface area contributed by atoms with E-state index in [1.54, 1.807) is 4.31 Å². The van der Waals surface area contributed by atoms with Crippen LogP contribution >= 0.6 is 0 Å². The van der Waals surface area contributed by atoms with E-state index in [2.05, 4.69) is 0 Å². The van der Waals surface area contributed by atoms with Gasteiger partial charge in [0.2, 0.25) is 10.0 Å². The number of rotatable bonds is 5. The lowest BCUT2D eigenvalue weighted by atomic mass is 10.3. The van der Waals surface area contributed by atoms with Crippen LogP contribution in [-0.2, 0) is 14.8 Å². The molecule has 6 heteroatoms. The van der Waals surface area contributed by atoms with E-state index in [-0.39, 0.29) is 11.8 Å². The minimum Gasteiger partial charge on any atom is -0.378 e. The Kier molecular flexibility index (Phi) is 4.98. The fourth-order valence-electron chi connectivity index (χ4n) is 1.67. The quantitative estimate of drug-likeness (QED) is 0.670. The third-order valence-electron chi connectivity index (χ3n) is 2.52. The number of ether oxygens (including phenoxy) is 1. The van der Waals surface area contributed by atoms with Crippen molar-refractivity contribution in [2.75, 3.05) is 32.1 Å².